The predicted molar refractivity (Wildman–Crippen MR) is 98.7 cm³/mol. The summed E-state index contributed by atoms with van der Waals surface area (Å²) in [5.41, 5.74) is 1.75. The summed E-state index contributed by atoms with van der Waals surface area (Å²) in [6.45, 7) is 0.169. The molecule has 3 aromatic rings. The number of allylic oxidation sites excluding steroid dienone is 1. The van der Waals surface area contributed by atoms with Gasteiger partial charge in [-0.1, -0.05) is 36.4 Å². The molecule has 0 fully saturated rings. The largest absolute Gasteiger partial charge is 0.380 e. The second kappa shape index (κ2) is 8.16. The first-order valence-corrected chi connectivity index (χ1v) is 8.09. The van der Waals surface area contributed by atoms with Gasteiger partial charge >= 0.3 is 0 Å². The van der Waals surface area contributed by atoms with Crippen LogP contribution in [0.3, 0.4) is 0 Å². The molecule has 1 aromatic heterocycles. The van der Waals surface area contributed by atoms with Crippen LogP contribution in [0.1, 0.15) is 16.8 Å². The third kappa shape index (κ3) is 4.19. The molecule has 0 aliphatic rings. The average molecular weight is 349 g/mol. The lowest BCUT2D eigenvalue weighted by Gasteiger charge is -2.13. The molecule has 0 aliphatic carbocycles. The van der Waals surface area contributed by atoms with E-state index in [9.17, 15) is 8.78 Å². The van der Waals surface area contributed by atoms with Crippen molar-refractivity contribution in [3.63, 3.8) is 0 Å². The molecular formula is C21H17F2N3. The van der Waals surface area contributed by atoms with E-state index in [4.69, 9.17) is 5.41 Å². The van der Waals surface area contributed by atoms with Gasteiger partial charge < -0.3 is 5.32 Å². The predicted octanol–water partition coefficient (Wildman–Crippen LogP) is 4.56. The molecule has 0 amide bonds. The Morgan fingerprint density at radius 3 is 2.31 bits per heavy atom. The van der Waals surface area contributed by atoms with Crippen LogP contribution in [0.4, 0.5) is 8.78 Å². The minimum atomic E-state index is -0.423. The van der Waals surface area contributed by atoms with Crippen molar-refractivity contribution in [3.8, 4) is 0 Å². The monoisotopic (exact) mass is 349 g/mol. The second-order valence-electron chi connectivity index (χ2n) is 5.61. The van der Waals surface area contributed by atoms with E-state index in [1.807, 2.05) is 0 Å². The zero-order valence-corrected chi connectivity index (χ0v) is 13.9. The molecule has 2 aromatic carbocycles. The highest BCUT2D eigenvalue weighted by atomic mass is 19.1. The first kappa shape index (κ1) is 17.5. The van der Waals surface area contributed by atoms with Crippen molar-refractivity contribution in [2.75, 3.05) is 0 Å². The van der Waals surface area contributed by atoms with E-state index in [0.29, 0.717) is 22.5 Å². The highest BCUT2D eigenvalue weighted by Crippen LogP contribution is 2.18. The van der Waals surface area contributed by atoms with Gasteiger partial charge in [0.2, 0.25) is 0 Å². The van der Waals surface area contributed by atoms with Crippen LogP contribution in [0.5, 0.6) is 0 Å². The molecule has 0 saturated carbocycles. The number of rotatable bonds is 6. The smallest absolute Gasteiger partial charge is 0.132 e. The van der Waals surface area contributed by atoms with E-state index in [0.717, 1.165) is 0 Å². The van der Waals surface area contributed by atoms with Gasteiger partial charge in [0.25, 0.3) is 0 Å². The quantitative estimate of drug-likeness (QED) is 0.641. The third-order valence-electron chi connectivity index (χ3n) is 3.82. The molecule has 0 unspecified atom stereocenters. The molecule has 3 nitrogen and oxygen atoms in total. The molecule has 0 aliphatic heterocycles. The van der Waals surface area contributed by atoms with Crippen LogP contribution in [0, 0.1) is 17.0 Å². The SMILES string of the molecule is N=C(/C=C(\NCc1ccccc1F)c1ccccc1F)c1ccccn1. The lowest BCUT2D eigenvalue weighted by molar-refractivity contribution is 0.603. The summed E-state index contributed by atoms with van der Waals surface area (Å²) in [5, 5.41) is 11.3. The first-order valence-electron chi connectivity index (χ1n) is 8.09. The lowest BCUT2D eigenvalue weighted by atomic mass is 10.1. The Bertz CT molecular complexity index is 937. The summed E-state index contributed by atoms with van der Waals surface area (Å²) in [4.78, 5) is 4.13. The fraction of sp³-hybridized carbons (Fsp3) is 0.0476. The summed E-state index contributed by atoms with van der Waals surface area (Å²) in [5.74, 6) is -0.763. The molecule has 3 rings (SSSR count). The normalized spacial score (nSPS) is 11.2. The van der Waals surface area contributed by atoms with Crippen molar-refractivity contribution < 1.29 is 8.78 Å². The van der Waals surface area contributed by atoms with E-state index >= 15 is 0 Å². The molecular weight excluding hydrogens is 332 g/mol. The molecule has 0 bridgehead atoms. The molecule has 2 N–H and O–H groups in total. The molecule has 1 heterocycles. The van der Waals surface area contributed by atoms with Crippen LogP contribution in [-0.4, -0.2) is 10.7 Å². The zero-order valence-electron chi connectivity index (χ0n) is 13.9. The average Bonchev–Trinajstić information content (AvgIpc) is 2.67. The van der Waals surface area contributed by atoms with Gasteiger partial charge in [0.05, 0.1) is 11.4 Å². The van der Waals surface area contributed by atoms with Gasteiger partial charge in [-0.25, -0.2) is 8.78 Å². The zero-order chi connectivity index (χ0) is 18.4. The Morgan fingerprint density at radius 2 is 1.62 bits per heavy atom. The van der Waals surface area contributed by atoms with Crippen molar-refractivity contribution >= 4 is 11.4 Å². The molecule has 0 atom stereocenters. The van der Waals surface area contributed by atoms with Crippen LogP contribution >= 0.6 is 0 Å². The van der Waals surface area contributed by atoms with Crippen molar-refractivity contribution in [2.45, 2.75) is 6.54 Å². The van der Waals surface area contributed by atoms with Gasteiger partial charge in [-0.2, -0.15) is 0 Å². The van der Waals surface area contributed by atoms with Crippen LogP contribution < -0.4 is 5.32 Å². The van der Waals surface area contributed by atoms with E-state index in [1.165, 1.54) is 18.2 Å². The van der Waals surface area contributed by atoms with Gasteiger partial charge in [0.15, 0.2) is 0 Å². The molecule has 5 heteroatoms. The number of halogens is 2. The van der Waals surface area contributed by atoms with E-state index < -0.39 is 5.82 Å². The Morgan fingerprint density at radius 1 is 0.923 bits per heavy atom. The Balaban J connectivity index is 1.92. The Labute approximate surface area is 150 Å². The highest BCUT2D eigenvalue weighted by Gasteiger charge is 2.10. The summed E-state index contributed by atoms with van der Waals surface area (Å²) >= 11 is 0. The second-order valence-corrected chi connectivity index (χ2v) is 5.61. The molecule has 0 saturated heterocycles. The topological polar surface area (TPSA) is 48.8 Å². The Kier molecular flexibility index (Phi) is 5.49. The summed E-state index contributed by atoms with van der Waals surface area (Å²) in [6.07, 6.45) is 3.09. The van der Waals surface area contributed by atoms with E-state index in [-0.39, 0.29) is 18.1 Å². The van der Waals surface area contributed by atoms with Crippen molar-refractivity contribution in [2.24, 2.45) is 0 Å². The van der Waals surface area contributed by atoms with Gasteiger partial charge in [-0.05, 0) is 36.4 Å². The number of hydrogen-bond donors (Lipinski definition) is 2. The number of aromatic nitrogens is 1. The summed E-state index contributed by atoms with van der Waals surface area (Å²) in [7, 11) is 0. The van der Waals surface area contributed by atoms with Crippen molar-refractivity contribution in [3.05, 3.63) is 107 Å². The maximum absolute atomic E-state index is 14.3. The summed E-state index contributed by atoms with van der Waals surface area (Å²) in [6, 6.07) is 17.9. The van der Waals surface area contributed by atoms with Crippen molar-refractivity contribution in [1.29, 1.82) is 5.41 Å². The highest BCUT2D eigenvalue weighted by molar-refractivity contribution is 6.08. The maximum atomic E-state index is 14.3. The minimum absolute atomic E-state index is 0.130. The number of nitrogens with one attached hydrogen (secondary N) is 2. The van der Waals surface area contributed by atoms with Crippen LogP contribution in [0.15, 0.2) is 79.0 Å². The standard InChI is InChI=1S/C21H17F2N3/c22-17-9-3-1-7-15(17)14-26-21(16-8-2-4-10-18(16)23)13-19(24)20-11-5-6-12-25-20/h1-13,24,26H,14H2/b21-13-,24-19?. The van der Waals surface area contributed by atoms with Crippen LogP contribution in [-0.2, 0) is 6.54 Å². The first-order chi connectivity index (χ1) is 12.6. The maximum Gasteiger partial charge on any atom is 0.132 e. The molecule has 0 radical (unpaired) electrons. The number of benzene rings is 2. The summed E-state index contributed by atoms with van der Waals surface area (Å²) < 4.78 is 28.1. The van der Waals surface area contributed by atoms with Gasteiger partial charge in [0, 0.05) is 29.6 Å². The van der Waals surface area contributed by atoms with Gasteiger partial charge in [-0.15, -0.1) is 0 Å². The number of pyridine rings is 1. The van der Waals surface area contributed by atoms with Crippen LogP contribution in [0.25, 0.3) is 5.70 Å². The van der Waals surface area contributed by atoms with E-state index in [1.54, 1.807) is 60.8 Å². The minimum Gasteiger partial charge on any atom is -0.380 e. The van der Waals surface area contributed by atoms with Gasteiger partial charge in [-0.3, -0.25) is 10.4 Å². The lowest BCUT2D eigenvalue weighted by Crippen LogP contribution is -2.15. The van der Waals surface area contributed by atoms with Crippen molar-refractivity contribution in [1.82, 2.24) is 10.3 Å². The molecule has 0 spiro atoms. The van der Waals surface area contributed by atoms with Crippen LogP contribution in [0.2, 0.25) is 0 Å². The van der Waals surface area contributed by atoms with Gasteiger partial charge in [0.1, 0.15) is 11.6 Å². The fourth-order valence-electron chi connectivity index (χ4n) is 2.48. The number of nitrogens with zero attached hydrogens (tertiary/aromatic N) is 1. The molecule has 130 valence electrons. The number of hydrogen-bond acceptors (Lipinski definition) is 3. The molecule has 26 heavy (non-hydrogen) atoms. The fourth-order valence-corrected chi connectivity index (χ4v) is 2.48. The third-order valence-corrected chi connectivity index (χ3v) is 3.82. The Hall–Kier alpha value is -3.34. The van der Waals surface area contributed by atoms with E-state index in [2.05, 4.69) is 10.3 Å².